The number of carbonyl (C=O) groups excluding carboxylic acids is 1. The Balaban J connectivity index is 1.59. The highest BCUT2D eigenvalue weighted by molar-refractivity contribution is 7.13. The molecular weight excluding hydrogens is 336 g/mol. The number of amides is 1. The summed E-state index contributed by atoms with van der Waals surface area (Å²) in [5.74, 6) is -0.557. The van der Waals surface area contributed by atoms with Gasteiger partial charge in [-0.1, -0.05) is 24.3 Å². The second-order valence-electron chi connectivity index (χ2n) is 6.56. The van der Waals surface area contributed by atoms with Crippen molar-refractivity contribution in [2.75, 3.05) is 0 Å². The number of aryl methyl sites for hydroxylation is 1. The molecule has 2 aromatic heterocycles. The van der Waals surface area contributed by atoms with E-state index in [0.717, 1.165) is 23.4 Å². The molecule has 25 heavy (non-hydrogen) atoms. The number of rotatable bonds is 2. The minimum atomic E-state index is -0.723. The molecule has 0 saturated carbocycles. The fourth-order valence-electron chi connectivity index (χ4n) is 4.18. The third-order valence-corrected chi connectivity index (χ3v) is 6.40. The van der Waals surface area contributed by atoms with E-state index in [9.17, 15) is 9.90 Å². The van der Waals surface area contributed by atoms with E-state index in [1.807, 2.05) is 24.7 Å². The number of fused-ring (bicyclic) bond motifs is 4. The van der Waals surface area contributed by atoms with Crippen LogP contribution in [0.4, 0.5) is 0 Å². The van der Waals surface area contributed by atoms with Crippen LogP contribution in [0.3, 0.4) is 0 Å². The third kappa shape index (κ3) is 2.03. The van der Waals surface area contributed by atoms with Crippen molar-refractivity contribution in [1.82, 2.24) is 14.5 Å². The lowest BCUT2D eigenvalue weighted by Gasteiger charge is -2.33. The van der Waals surface area contributed by atoms with Crippen molar-refractivity contribution >= 4 is 17.2 Å². The summed E-state index contributed by atoms with van der Waals surface area (Å²) in [4.78, 5) is 21.0. The van der Waals surface area contributed by atoms with Gasteiger partial charge in [-0.3, -0.25) is 4.79 Å². The summed E-state index contributed by atoms with van der Waals surface area (Å²) in [7, 11) is 0. The zero-order valence-electron chi connectivity index (χ0n) is 13.3. The first-order chi connectivity index (χ1) is 12.1. The second-order valence-corrected chi connectivity index (χ2v) is 7.64. The van der Waals surface area contributed by atoms with Gasteiger partial charge in [0.1, 0.15) is 6.10 Å². The molecule has 1 aliphatic carbocycles. The maximum atomic E-state index is 11.4. The SMILES string of the molecule is NC(=O)c1nc2c(s1)CC[C@H](C1c3ccccc3-c3cncn31)[C@@H]2O. The Morgan fingerprint density at radius 3 is 3.04 bits per heavy atom. The van der Waals surface area contributed by atoms with Gasteiger partial charge in [0.15, 0.2) is 5.01 Å². The van der Waals surface area contributed by atoms with E-state index in [4.69, 9.17) is 5.73 Å². The van der Waals surface area contributed by atoms with Gasteiger partial charge in [0.2, 0.25) is 0 Å². The molecule has 0 saturated heterocycles. The molecule has 126 valence electrons. The zero-order chi connectivity index (χ0) is 17.1. The molecule has 1 aliphatic heterocycles. The normalized spacial score (nSPS) is 23.8. The van der Waals surface area contributed by atoms with Crippen molar-refractivity contribution in [3.8, 4) is 11.3 Å². The summed E-state index contributed by atoms with van der Waals surface area (Å²) in [5.41, 5.74) is 9.42. The second kappa shape index (κ2) is 5.24. The average molecular weight is 352 g/mol. The Morgan fingerprint density at radius 1 is 1.36 bits per heavy atom. The largest absolute Gasteiger partial charge is 0.386 e. The van der Waals surface area contributed by atoms with Gasteiger partial charge in [-0.2, -0.15) is 0 Å². The van der Waals surface area contributed by atoms with Crippen LogP contribution in [0.15, 0.2) is 36.8 Å². The average Bonchev–Trinajstić information content (AvgIpc) is 3.29. The molecule has 0 fully saturated rings. The number of benzene rings is 1. The van der Waals surface area contributed by atoms with Crippen LogP contribution < -0.4 is 5.73 Å². The van der Waals surface area contributed by atoms with E-state index in [1.54, 1.807) is 0 Å². The summed E-state index contributed by atoms with van der Waals surface area (Å²) in [6, 6.07) is 8.28. The third-order valence-electron chi connectivity index (χ3n) is 5.26. The first-order valence-electron chi connectivity index (χ1n) is 8.23. The molecule has 0 bridgehead atoms. The molecule has 3 atom stereocenters. The number of nitrogens with zero attached hydrogens (tertiary/aromatic N) is 3. The van der Waals surface area contributed by atoms with Gasteiger partial charge in [-0.25, -0.2) is 9.97 Å². The highest BCUT2D eigenvalue weighted by Crippen LogP contribution is 2.50. The van der Waals surface area contributed by atoms with Gasteiger partial charge in [0, 0.05) is 16.4 Å². The summed E-state index contributed by atoms with van der Waals surface area (Å²) < 4.78 is 2.14. The molecule has 7 heteroatoms. The number of imidazole rings is 1. The molecule has 1 unspecified atom stereocenters. The minimum absolute atomic E-state index is 0.0214. The van der Waals surface area contributed by atoms with Gasteiger partial charge in [-0.05, 0) is 18.4 Å². The van der Waals surface area contributed by atoms with E-state index >= 15 is 0 Å². The number of nitrogens with two attached hydrogens (primary N) is 1. The van der Waals surface area contributed by atoms with Gasteiger partial charge in [-0.15, -0.1) is 11.3 Å². The minimum Gasteiger partial charge on any atom is -0.386 e. The molecule has 0 radical (unpaired) electrons. The van der Waals surface area contributed by atoms with Gasteiger partial charge in [0.25, 0.3) is 5.91 Å². The standard InChI is InChI=1S/C18H16N4O2S/c19-17(24)18-21-14-13(25-18)6-5-11(16(14)23)15-10-4-2-1-3-9(10)12-7-20-8-22(12)15/h1-4,7-8,11,15-16,23H,5-6H2,(H2,19,24)/t11-,15?,16+/m1/s1. The van der Waals surface area contributed by atoms with Crippen LogP contribution in [0.1, 0.15) is 44.5 Å². The number of aliphatic hydroxyl groups is 1. The fraction of sp³-hybridized carbons (Fsp3) is 0.278. The number of thiazole rings is 1. The molecule has 3 aromatic rings. The quantitative estimate of drug-likeness (QED) is 0.740. The summed E-state index contributed by atoms with van der Waals surface area (Å²) in [6.07, 6.45) is 4.60. The maximum absolute atomic E-state index is 11.4. The molecule has 3 heterocycles. The predicted octanol–water partition coefficient (Wildman–Crippen LogP) is 2.30. The molecule has 0 spiro atoms. The fourth-order valence-corrected chi connectivity index (χ4v) is 5.15. The van der Waals surface area contributed by atoms with Crippen molar-refractivity contribution < 1.29 is 9.90 Å². The maximum Gasteiger partial charge on any atom is 0.277 e. The Kier molecular flexibility index (Phi) is 3.10. The van der Waals surface area contributed by atoms with Crippen LogP contribution in [-0.2, 0) is 6.42 Å². The van der Waals surface area contributed by atoms with E-state index in [0.29, 0.717) is 5.69 Å². The van der Waals surface area contributed by atoms with Crippen molar-refractivity contribution in [3.05, 3.63) is 57.9 Å². The van der Waals surface area contributed by atoms with Crippen molar-refractivity contribution in [3.63, 3.8) is 0 Å². The lowest BCUT2D eigenvalue weighted by Crippen LogP contribution is -2.28. The molecule has 3 N–H and O–H groups in total. The summed E-state index contributed by atoms with van der Waals surface area (Å²) in [6.45, 7) is 0. The monoisotopic (exact) mass is 352 g/mol. The van der Waals surface area contributed by atoms with Gasteiger partial charge < -0.3 is 15.4 Å². The first-order valence-corrected chi connectivity index (χ1v) is 9.05. The number of aromatic nitrogens is 3. The Morgan fingerprint density at radius 2 is 2.20 bits per heavy atom. The van der Waals surface area contributed by atoms with Crippen LogP contribution in [-0.4, -0.2) is 25.5 Å². The van der Waals surface area contributed by atoms with Crippen molar-refractivity contribution in [2.45, 2.75) is 25.0 Å². The number of aliphatic hydroxyl groups excluding tert-OH is 1. The lowest BCUT2D eigenvalue weighted by atomic mass is 9.80. The molecule has 1 amide bonds. The van der Waals surface area contributed by atoms with Crippen LogP contribution in [0.25, 0.3) is 11.3 Å². The van der Waals surface area contributed by atoms with E-state index in [-0.39, 0.29) is 17.0 Å². The molecular formula is C18H16N4O2S. The Bertz CT molecular complexity index is 993. The van der Waals surface area contributed by atoms with Crippen LogP contribution in [0.5, 0.6) is 0 Å². The zero-order valence-corrected chi connectivity index (χ0v) is 14.1. The van der Waals surface area contributed by atoms with Crippen LogP contribution in [0, 0.1) is 5.92 Å². The smallest absolute Gasteiger partial charge is 0.277 e. The summed E-state index contributed by atoms with van der Waals surface area (Å²) >= 11 is 1.30. The van der Waals surface area contributed by atoms with Crippen LogP contribution in [0.2, 0.25) is 0 Å². The van der Waals surface area contributed by atoms with Crippen molar-refractivity contribution in [1.29, 1.82) is 0 Å². The Hall–Kier alpha value is -2.51. The number of carbonyl (C=O) groups is 1. The first kappa shape index (κ1) is 14.8. The van der Waals surface area contributed by atoms with E-state index < -0.39 is 12.0 Å². The molecule has 6 nitrogen and oxygen atoms in total. The van der Waals surface area contributed by atoms with Gasteiger partial charge >= 0.3 is 0 Å². The van der Waals surface area contributed by atoms with Gasteiger partial charge in [0.05, 0.1) is 30.0 Å². The highest BCUT2D eigenvalue weighted by atomic mass is 32.1. The molecule has 2 aliphatic rings. The predicted molar refractivity (Wildman–Crippen MR) is 93.2 cm³/mol. The number of primary amides is 1. The Labute approximate surface area is 148 Å². The van der Waals surface area contributed by atoms with E-state index in [1.165, 1.54) is 22.5 Å². The number of hydrogen-bond acceptors (Lipinski definition) is 5. The molecule has 1 aromatic carbocycles. The highest BCUT2D eigenvalue weighted by Gasteiger charge is 2.42. The van der Waals surface area contributed by atoms with E-state index in [2.05, 4.69) is 26.7 Å². The summed E-state index contributed by atoms with van der Waals surface area (Å²) in [5, 5.41) is 11.3. The van der Waals surface area contributed by atoms with Crippen molar-refractivity contribution in [2.24, 2.45) is 11.7 Å². The number of hydrogen-bond donors (Lipinski definition) is 2. The lowest BCUT2D eigenvalue weighted by molar-refractivity contribution is 0.0690. The van der Waals surface area contributed by atoms with Crippen LogP contribution >= 0.6 is 11.3 Å². The molecule has 5 rings (SSSR count). The topological polar surface area (TPSA) is 94.0 Å².